The number of aromatic nitrogens is 1. The molecule has 0 saturated heterocycles. The van der Waals surface area contributed by atoms with Gasteiger partial charge in [0.15, 0.2) is 0 Å². The fourth-order valence-electron chi connectivity index (χ4n) is 12.3. The van der Waals surface area contributed by atoms with Crippen LogP contribution in [0.15, 0.2) is 303 Å². The van der Waals surface area contributed by atoms with Gasteiger partial charge in [-0.3, -0.25) is 0 Å². The van der Waals surface area contributed by atoms with E-state index >= 15 is 0 Å². The Balaban J connectivity index is 1.04. The van der Waals surface area contributed by atoms with Gasteiger partial charge >= 0.3 is 0 Å². The van der Waals surface area contributed by atoms with Gasteiger partial charge in [0.1, 0.15) is 0 Å². The average molecular weight is 955 g/mol. The summed E-state index contributed by atoms with van der Waals surface area (Å²) < 4.78 is 2.43. The van der Waals surface area contributed by atoms with E-state index in [-0.39, 0.29) is 0 Å². The summed E-state index contributed by atoms with van der Waals surface area (Å²) >= 11 is 0. The van der Waals surface area contributed by atoms with E-state index in [1.807, 2.05) is 0 Å². The van der Waals surface area contributed by atoms with Crippen LogP contribution in [0, 0.1) is 0 Å². The van der Waals surface area contributed by atoms with Crippen LogP contribution in [0.25, 0.3) is 83.1 Å². The molecule has 352 valence electrons. The van der Waals surface area contributed by atoms with Crippen LogP contribution in [0.3, 0.4) is 0 Å². The van der Waals surface area contributed by atoms with Crippen molar-refractivity contribution < 1.29 is 0 Å². The predicted molar refractivity (Wildman–Crippen MR) is 315 cm³/mol. The molecule has 0 bridgehead atoms. The Bertz CT molecular complexity index is 4160. The summed E-state index contributed by atoms with van der Waals surface area (Å²) in [5, 5.41) is 2.47. The van der Waals surface area contributed by atoms with Crippen molar-refractivity contribution in [2.75, 3.05) is 4.90 Å². The fraction of sp³-hybridized carbons (Fsp3) is 0.0137. The summed E-state index contributed by atoms with van der Waals surface area (Å²) in [7, 11) is 0. The van der Waals surface area contributed by atoms with Gasteiger partial charge in [-0.05, 0) is 115 Å². The highest BCUT2D eigenvalue weighted by molar-refractivity contribution is 6.14. The number of hydrogen-bond donors (Lipinski definition) is 0. The zero-order chi connectivity index (χ0) is 49.7. The van der Waals surface area contributed by atoms with Crippen LogP contribution in [0.2, 0.25) is 0 Å². The van der Waals surface area contributed by atoms with Crippen LogP contribution in [-0.2, 0) is 5.41 Å². The molecule has 0 amide bonds. The normalized spacial score (nSPS) is 12.4. The third kappa shape index (κ3) is 7.17. The molecule has 1 aromatic heterocycles. The summed E-state index contributed by atoms with van der Waals surface area (Å²) in [5.74, 6) is 0. The Labute approximate surface area is 438 Å². The molecule has 0 N–H and O–H groups in total. The van der Waals surface area contributed by atoms with Crippen LogP contribution in [0.5, 0.6) is 0 Å². The molecule has 75 heavy (non-hydrogen) atoms. The number of hydrogen-bond acceptors (Lipinski definition) is 1. The molecular formula is C73H50N2. The molecule has 0 atom stereocenters. The zero-order valence-corrected chi connectivity index (χ0v) is 41.3. The Hall–Kier alpha value is -9.76. The molecule has 2 nitrogen and oxygen atoms in total. The molecule has 0 fully saturated rings. The Morgan fingerprint density at radius 1 is 0.293 bits per heavy atom. The number of rotatable bonds is 10. The second-order valence-electron chi connectivity index (χ2n) is 19.5. The van der Waals surface area contributed by atoms with Gasteiger partial charge in [-0.1, -0.05) is 255 Å². The lowest BCUT2D eigenvalue weighted by Crippen LogP contribution is -2.28. The maximum absolute atomic E-state index is 2.51. The molecule has 14 rings (SSSR count). The highest BCUT2D eigenvalue weighted by Crippen LogP contribution is 2.58. The molecule has 0 unspecified atom stereocenters. The molecule has 2 heteroatoms. The van der Waals surface area contributed by atoms with Gasteiger partial charge in [0.05, 0.1) is 22.1 Å². The number of fused-ring (bicyclic) bond motifs is 6. The molecule has 1 heterocycles. The molecule has 0 aliphatic heterocycles. The fourth-order valence-corrected chi connectivity index (χ4v) is 12.3. The van der Waals surface area contributed by atoms with Gasteiger partial charge in [-0.25, -0.2) is 0 Å². The summed E-state index contributed by atoms with van der Waals surface area (Å²) in [6.45, 7) is 0. The van der Waals surface area contributed by atoms with Gasteiger partial charge in [0.2, 0.25) is 0 Å². The van der Waals surface area contributed by atoms with Crippen molar-refractivity contribution >= 4 is 38.9 Å². The van der Waals surface area contributed by atoms with Crippen LogP contribution in [-0.4, -0.2) is 4.57 Å². The van der Waals surface area contributed by atoms with Gasteiger partial charge in [-0.15, -0.1) is 0 Å². The number of anilines is 3. The maximum atomic E-state index is 2.51. The first-order chi connectivity index (χ1) is 37.3. The lowest BCUT2D eigenvalue weighted by Gasteiger charge is -2.35. The zero-order valence-electron chi connectivity index (χ0n) is 41.3. The van der Waals surface area contributed by atoms with Crippen LogP contribution < -0.4 is 4.90 Å². The SMILES string of the molecule is c1ccc(-c2ccccc2-c2c(-c3ccccc3)cccc2N(c2ccc(-c3cccc4c5ccccc5n(-c5ccccc5)c34)cc2)c2ccc3c(c2)C(c2ccccc2)(c2ccccc2)c2ccccc2-3)cc1. The smallest absolute Gasteiger partial charge is 0.0714 e. The first-order valence-electron chi connectivity index (χ1n) is 25.9. The van der Waals surface area contributed by atoms with E-state index in [0.717, 1.165) is 50.6 Å². The average Bonchev–Trinajstić information content (AvgIpc) is 4.04. The first kappa shape index (κ1) is 44.0. The molecule has 12 aromatic carbocycles. The first-order valence-corrected chi connectivity index (χ1v) is 25.9. The largest absolute Gasteiger partial charge is 0.310 e. The maximum Gasteiger partial charge on any atom is 0.0714 e. The summed E-state index contributed by atoms with van der Waals surface area (Å²) in [6.07, 6.45) is 0. The second-order valence-corrected chi connectivity index (χ2v) is 19.5. The van der Waals surface area contributed by atoms with E-state index in [0.29, 0.717) is 0 Å². The van der Waals surface area contributed by atoms with Gasteiger partial charge in [0.25, 0.3) is 0 Å². The number of nitrogens with zero attached hydrogens (tertiary/aromatic N) is 2. The van der Waals surface area contributed by atoms with Crippen molar-refractivity contribution in [2.24, 2.45) is 0 Å². The van der Waals surface area contributed by atoms with E-state index in [4.69, 9.17) is 0 Å². The molecule has 0 radical (unpaired) electrons. The molecule has 0 saturated carbocycles. The monoisotopic (exact) mass is 954 g/mol. The molecule has 0 spiro atoms. The number of benzene rings is 12. The second kappa shape index (κ2) is 18.4. The topological polar surface area (TPSA) is 8.17 Å². The van der Waals surface area contributed by atoms with Crippen molar-refractivity contribution in [3.8, 4) is 61.3 Å². The molecule has 13 aromatic rings. The van der Waals surface area contributed by atoms with Crippen molar-refractivity contribution in [3.05, 3.63) is 326 Å². The minimum Gasteiger partial charge on any atom is -0.310 e. The minimum atomic E-state index is -0.579. The van der Waals surface area contributed by atoms with Gasteiger partial charge < -0.3 is 9.47 Å². The molecular weight excluding hydrogens is 905 g/mol. The van der Waals surface area contributed by atoms with E-state index in [2.05, 4.69) is 313 Å². The van der Waals surface area contributed by atoms with Crippen molar-refractivity contribution in [2.45, 2.75) is 5.41 Å². The predicted octanol–water partition coefficient (Wildman–Crippen LogP) is 19.3. The summed E-state index contributed by atoms with van der Waals surface area (Å²) in [6, 6.07) is 112. The van der Waals surface area contributed by atoms with Crippen LogP contribution in [0.1, 0.15) is 22.3 Å². The van der Waals surface area contributed by atoms with E-state index < -0.39 is 5.41 Å². The summed E-state index contributed by atoms with van der Waals surface area (Å²) in [4.78, 5) is 2.51. The van der Waals surface area contributed by atoms with Crippen molar-refractivity contribution in [3.63, 3.8) is 0 Å². The lowest BCUT2D eigenvalue weighted by atomic mass is 9.67. The third-order valence-electron chi connectivity index (χ3n) is 15.5. The summed E-state index contributed by atoms with van der Waals surface area (Å²) in [5.41, 5.74) is 23.0. The highest BCUT2D eigenvalue weighted by atomic mass is 15.1. The van der Waals surface area contributed by atoms with Crippen LogP contribution in [0.4, 0.5) is 17.1 Å². The third-order valence-corrected chi connectivity index (χ3v) is 15.5. The Kier molecular flexibility index (Phi) is 10.8. The molecule has 1 aliphatic rings. The lowest BCUT2D eigenvalue weighted by molar-refractivity contribution is 0.768. The van der Waals surface area contributed by atoms with E-state index in [1.165, 1.54) is 71.9 Å². The van der Waals surface area contributed by atoms with Crippen molar-refractivity contribution in [1.29, 1.82) is 0 Å². The minimum absolute atomic E-state index is 0.579. The van der Waals surface area contributed by atoms with E-state index in [1.54, 1.807) is 0 Å². The Morgan fingerprint density at radius 2 is 0.773 bits per heavy atom. The Morgan fingerprint density at radius 3 is 1.47 bits per heavy atom. The van der Waals surface area contributed by atoms with Gasteiger partial charge in [0, 0.05) is 39.0 Å². The highest BCUT2D eigenvalue weighted by Gasteiger charge is 2.46. The van der Waals surface area contributed by atoms with Crippen LogP contribution >= 0.6 is 0 Å². The standard InChI is InChI=1S/C73H50N2/c1-6-24-51(25-7-1)59-34-16-17-37-65(59)71-60(52-26-8-2-9-27-52)38-23-43-70(71)74(57-46-44-53(45-47-57)61-39-22-40-66-64-36-19-21-42-69(64)75(72(61)66)56-32-14-5-15-33-56)58-48-49-63-62-35-18-20-41-67(62)73(68(63)50-58,54-28-10-3-11-29-54)55-30-12-4-13-31-55/h1-50H. The van der Waals surface area contributed by atoms with Crippen molar-refractivity contribution in [1.82, 2.24) is 4.57 Å². The quantitative estimate of drug-likeness (QED) is 0.133. The van der Waals surface area contributed by atoms with E-state index in [9.17, 15) is 0 Å². The van der Waals surface area contributed by atoms with Gasteiger partial charge in [-0.2, -0.15) is 0 Å². The number of para-hydroxylation sites is 3. The molecule has 1 aliphatic carbocycles.